The summed E-state index contributed by atoms with van der Waals surface area (Å²) in [6.45, 7) is 0. The lowest BCUT2D eigenvalue weighted by Crippen LogP contribution is -2.19. The molecule has 0 bridgehead atoms. The average molecular weight is 448 g/mol. The van der Waals surface area contributed by atoms with Crippen molar-refractivity contribution in [2.45, 2.75) is 0 Å². The summed E-state index contributed by atoms with van der Waals surface area (Å²) in [6.07, 6.45) is 1.77. The molecular formula is C22H13IN2O. The second kappa shape index (κ2) is 5.92. The number of hydrogen-bond donors (Lipinski definition) is 0. The van der Waals surface area contributed by atoms with E-state index in [1.54, 1.807) is 10.8 Å². The maximum atomic E-state index is 13.5. The zero-order chi connectivity index (χ0) is 17.7. The molecule has 2 heterocycles. The molecule has 0 unspecified atom stereocenters. The van der Waals surface area contributed by atoms with Crippen LogP contribution in [0.2, 0.25) is 0 Å². The third kappa shape index (κ3) is 2.25. The van der Waals surface area contributed by atoms with Crippen LogP contribution in [-0.2, 0) is 0 Å². The zero-order valence-electron chi connectivity index (χ0n) is 13.7. The Balaban J connectivity index is 2.05. The van der Waals surface area contributed by atoms with Gasteiger partial charge in [-0.05, 0) is 58.3 Å². The molecule has 0 fully saturated rings. The van der Waals surface area contributed by atoms with Crippen molar-refractivity contribution in [3.8, 4) is 5.69 Å². The van der Waals surface area contributed by atoms with Crippen LogP contribution in [0.3, 0.4) is 0 Å². The lowest BCUT2D eigenvalue weighted by Gasteiger charge is -2.15. The number of para-hydroxylation sites is 2. The molecule has 0 saturated heterocycles. The zero-order valence-corrected chi connectivity index (χ0v) is 15.8. The van der Waals surface area contributed by atoms with Gasteiger partial charge in [0.25, 0.3) is 5.56 Å². The lowest BCUT2D eigenvalue weighted by molar-refractivity contribution is 1.07. The SMILES string of the molecule is O=c1c2cc(I)ccc2c2ccccc2n1-c1cccc2cccnc12. The third-order valence-corrected chi connectivity index (χ3v) is 5.37. The molecule has 26 heavy (non-hydrogen) atoms. The Morgan fingerprint density at radius 1 is 0.808 bits per heavy atom. The van der Waals surface area contributed by atoms with E-state index >= 15 is 0 Å². The van der Waals surface area contributed by atoms with Crippen molar-refractivity contribution in [1.82, 2.24) is 9.55 Å². The molecule has 0 aliphatic rings. The number of fused-ring (bicyclic) bond motifs is 4. The molecule has 124 valence electrons. The quantitative estimate of drug-likeness (QED) is 0.258. The Labute approximate surface area is 163 Å². The number of nitrogens with zero attached hydrogens (tertiary/aromatic N) is 2. The van der Waals surface area contributed by atoms with Crippen molar-refractivity contribution in [3.63, 3.8) is 0 Å². The Morgan fingerprint density at radius 3 is 2.58 bits per heavy atom. The minimum absolute atomic E-state index is 0.0182. The van der Waals surface area contributed by atoms with Gasteiger partial charge in [0.2, 0.25) is 0 Å². The number of aromatic nitrogens is 2. The number of halogens is 1. The molecule has 0 saturated carbocycles. The third-order valence-electron chi connectivity index (χ3n) is 4.70. The van der Waals surface area contributed by atoms with Gasteiger partial charge in [-0.1, -0.05) is 42.5 Å². The lowest BCUT2D eigenvalue weighted by atomic mass is 10.1. The van der Waals surface area contributed by atoms with Crippen LogP contribution in [0.25, 0.3) is 38.3 Å². The minimum atomic E-state index is -0.0182. The van der Waals surface area contributed by atoms with Crippen LogP contribution in [0, 0.1) is 3.57 Å². The number of benzene rings is 3. The molecule has 3 nitrogen and oxygen atoms in total. The van der Waals surface area contributed by atoms with Crippen LogP contribution in [-0.4, -0.2) is 9.55 Å². The molecule has 0 atom stereocenters. The summed E-state index contributed by atoms with van der Waals surface area (Å²) in [7, 11) is 0. The van der Waals surface area contributed by atoms with Gasteiger partial charge in [0, 0.05) is 25.9 Å². The second-order valence-electron chi connectivity index (χ2n) is 6.20. The van der Waals surface area contributed by atoms with Gasteiger partial charge in [0.15, 0.2) is 0 Å². The van der Waals surface area contributed by atoms with Crippen LogP contribution in [0.1, 0.15) is 0 Å². The van der Waals surface area contributed by atoms with E-state index < -0.39 is 0 Å². The van der Waals surface area contributed by atoms with E-state index in [-0.39, 0.29) is 5.56 Å². The van der Waals surface area contributed by atoms with E-state index in [0.717, 1.165) is 41.8 Å². The van der Waals surface area contributed by atoms with Crippen LogP contribution in [0.5, 0.6) is 0 Å². The van der Waals surface area contributed by atoms with Crippen molar-refractivity contribution < 1.29 is 0 Å². The molecule has 0 spiro atoms. The molecule has 0 amide bonds. The minimum Gasteiger partial charge on any atom is -0.274 e. The number of hydrogen-bond acceptors (Lipinski definition) is 2. The molecule has 4 heteroatoms. The maximum absolute atomic E-state index is 13.5. The monoisotopic (exact) mass is 448 g/mol. The first-order valence-corrected chi connectivity index (χ1v) is 9.39. The molecule has 5 aromatic rings. The van der Waals surface area contributed by atoms with E-state index in [9.17, 15) is 4.79 Å². The van der Waals surface area contributed by atoms with Gasteiger partial charge in [0.05, 0.1) is 16.7 Å². The second-order valence-corrected chi connectivity index (χ2v) is 7.45. The first kappa shape index (κ1) is 15.5. The van der Waals surface area contributed by atoms with Crippen molar-refractivity contribution in [2.24, 2.45) is 0 Å². The average Bonchev–Trinajstić information content (AvgIpc) is 2.68. The molecule has 2 aromatic heterocycles. The molecule has 0 N–H and O–H groups in total. The smallest absolute Gasteiger partial charge is 0.263 e. The van der Waals surface area contributed by atoms with Crippen LogP contribution in [0.4, 0.5) is 0 Å². The summed E-state index contributed by atoms with van der Waals surface area (Å²) in [5.74, 6) is 0. The fourth-order valence-electron chi connectivity index (χ4n) is 3.56. The predicted molar refractivity (Wildman–Crippen MR) is 115 cm³/mol. The fourth-order valence-corrected chi connectivity index (χ4v) is 4.05. The summed E-state index contributed by atoms with van der Waals surface area (Å²) in [6, 6.07) is 24.0. The number of pyridine rings is 2. The summed E-state index contributed by atoms with van der Waals surface area (Å²) < 4.78 is 2.84. The molecular weight excluding hydrogens is 435 g/mol. The summed E-state index contributed by atoms with van der Waals surface area (Å²) in [5, 5.41) is 3.79. The Hall–Kier alpha value is -2.73. The van der Waals surface area contributed by atoms with E-state index in [0.29, 0.717) is 0 Å². The fraction of sp³-hybridized carbons (Fsp3) is 0. The van der Waals surface area contributed by atoms with Gasteiger partial charge in [-0.15, -0.1) is 0 Å². The highest BCUT2D eigenvalue weighted by Crippen LogP contribution is 2.28. The molecule has 3 aromatic carbocycles. The highest BCUT2D eigenvalue weighted by atomic mass is 127. The maximum Gasteiger partial charge on any atom is 0.263 e. The number of rotatable bonds is 1. The molecule has 0 aliphatic carbocycles. The first-order chi connectivity index (χ1) is 12.7. The van der Waals surface area contributed by atoms with Gasteiger partial charge in [-0.2, -0.15) is 0 Å². The Bertz CT molecular complexity index is 1370. The van der Waals surface area contributed by atoms with Gasteiger partial charge in [-0.3, -0.25) is 14.3 Å². The Kier molecular flexibility index (Phi) is 3.53. The van der Waals surface area contributed by atoms with Crippen LogP contribution in [0.15, 0.2) is 83.8 Å². The normalized spacial score (nSPS) is 11.4. The van der Waals surface area contributed by atoms with Gasteiger partial charge >= 0.3 is 0 Å². The molecule has 5 rings (SSSR count). The van der Waals surface area contributed by atoms with Crippen LogP contribution >= 0.6 is 22.6 Å². The van der Waals surface area contributed by atoms with E-state index in [1.807, 2.05) is 66.7 Å². The topological polar surface area (TPSA) is 34.9 Å². The van der Waals surface area contributed by atoms with Crippen molar-refractivity contribution in [2.75, 3.05) is 0 Å². The van der Waals surface area contributed by atoms with E-state index in [2.05, 4.69) is 33.6 Å². The summed E-state index contributed by atoms with van der Waals surface area (Å²) in [4.78, 5) is 18.0. The van der Waals surface area contributed by atoms with Crippen molar-refractivity contribution in [3.05, 3.63) is 92.9 Å². The largest absolute Gasteiger partial charge is 0.274 e. The van der Waals surface area contributed by atoms with Crippen LogP contribution < -0.4 is 5.56 Å². The summed E-state index contributed by atoms with van der Waals surface area (Å²) in [5.41, 5.74) is 2.51. The van der Waals surface area contributed by atoms with E-state index in [1.165, 1.54) is 0 Å². The standard InChI is InChI=1S/C22H13IN2O/c23-15-10-11-16-17-7-1-2-8-19(17)25(22(26)18(16)13-15)20-9-3-5-14-6-4-12-24-21(14)20/h1-13H. The van der Waals surface area contributed by atoms with Gasteiger partial charge in [0.1, 0.15) is 0 Å². The molecule has 0 aliphatic heterocycles. The van der Waals surface area contributed by atoms with Gasteiger partial charge in [-0.25, -0.2) is 0 Å². The van der Waals surface area contributed by atoms with Gasteiger partial charge < -0.3 is 0 Å². The van der Waals surface area contributed by atoms with E-state index in [4.69, 9.17) is 0 Å². The first-order valence-electron chi connectivity index (χ1n) is 8.31. The molecule has 0 radical (unpaired) electrons. The highest BCUT2D eigenvalue weighted by molar-refractivity contribution is 14.1. The summed E-state index contributed by atoms with van der Waals surface area (Å²) >= 11 is 2.25. The van der Waals surface area contributed by atoms with Crippen molar-refractivity contribution in [1.29, 1.82) is 0 Å². The van der Waals surface area contributed by atoms with Crippen molar-refractivity contribution >= 4 is 55.2 Å². The Morgan fingerprint density at radius 2 is 1.65 bits per heavy atom. The predicted octanol–water partition coefficient (Wildman–Crippen LogP) is 5.30. The highest BCUT2D eigenvalue weighted by Gasteiger charge is 2.14.